The van der Waals surface area contributed by atoms with Gasteiger partial charge in [-0.2, -0.15) is 0 Å². The van der Waals surface area contributed by atoms with Crippen molar-refractivity contribution in [3.8, 4) is 0 Å². The van der Waals surface area contributed by atoms with Crippen LogP contribution in [0.25, 0.3) is 22.0 Å². The van der Waals surface area contributed by atoms with Gasteiger partial charge in [0.1, 0.15) is 5.69 Å². The molecular weight excluding hydrogens is 370 g/mol. The summed E-state index contributed by atoms with van der Waals surface area (Å²) in [6.07, 6.45) is 0. The van der Waals surface area contributed by atoms with E-state index < -0.39 is 11.8 Å². The number of pyridine rings is 2. The van der Waals surface area contributed by atoms with Crippen LogP contribution in [-0.4, -0.2) is 26.9 Å². The van der Waals surface area contributed by atoms with Crippen LogP contribution >= 0.6 is 0 Å². The topological polar surface area (TPSA) is 110 Å². The third-order valence-corrected chi connectivity index (χ3v) is 4.59. The fourth-order valence-electron chi connectivity index (χ4n) is 3.03. The van der Waals surface area contributed by atoms with Crippen LogP contribution < -0.4 is 10.9 Å². The minimum absolute atomic E-state index is 0.0905. The number of carbonyl (C=O) groups is 2. The molecular formula is C21H19N5O3. The van der Waals surface area contributed by atoms with E-state index in [1.165, 1.54) is 0 Å². The molecule has 3 heterocycles. The summed E-state index contributed by atoms with van der Waals surface area (Å²) in [4.78, 5) is 34.0. The monoisotopic (exact) mass is 389 g/mol. The van der Waals surface area contributed by atoms with Crippen molar-refractivity contribution in [3.05, 3.63) is 65.1 Å². The van der Waals surface area contributed by atoms with E-state index in [2.05, 4.69) is 26.0 Å². The summed E-state index contributed by atoms with van der Waals surface area (Å²) < 4.78 is 5.23. The van der Waals surface area contributed by atoms with Gasteiger partial charge in [-0.3, -0.25) is 20.4 Å². The van der Waals surface area contributed by atoms with E-state index >= 15 is 0 Å². The molecule has 0 unspecified atom stereocenters. The van der Waals surface area contributed by atoms with Crippen molar-refractivity contribution in [2.24, 2.45) is 0 Å². The zero-order chi connectivity index (χ0) is 20.5. The summed E-state index contributed by atoms with van der Waals surface area (Å²) in [5.41, 5.74) is 7.64. The zero-order valence-corrected chi connectivity index (χ0v) is 16.2. The van der Waals surface area contributed by atoms with Gasteiger partial charge in [-0.25, -0.2) is 9.97 Å². The summed E-state index contributed by atoms with van der Waals surface area (Å²) in [6, 6.07) is 12.6. The van der Waals surface area contributed by atoms with Gasteiger partial charge in [0.2, 0.25) is 0 Å². The SMILES string of the molecule is Cc1noc2nc(C(C)C)cc(C(=O)NNC(=O)c3ccc4ccccc4n3)c12. The summed E-state index contributed by atoms with van der Waals surface area (Å²) in [5.74, 6) is -0.909. The predicted octanol–water partition coefficient (Wildman–Crippen LogP) is 3.28. The minimum atomic E-state index is -0.513. The lowest BCUT2D eigenvalue weighted by Crippen LogP contribution is -2.42. The largest absolute Gasteiger partial charge is 0.336 e. The van der Waals surface area contributed by atoms with Gasteiger partial charge in [-0.15, -0.1) is 0 Å². The smallest absolute Gasteiger partial charge is 0.288 e. The number of para-hydroxylation sites is 1. The van der Waals surface area contributed by atoms with Crippen LogP contribution in [0.15, 0.2) is 47.0 Å². The van der Waals surface area contributed by atoms with Crippen LogP contribution in [0, 0.1) is 6.92 Å². The average Bonchev–Trinajstić information content (AvgIpc) is 3.11. The molecule has 2 N–H and O–H groups in total. The van der Waals surface area contributed by atoms with Crippen molar-refractivity contribution >= 4 is 33.8 Å². The molecule has 0 saturated heterocycles. The van der Waals surface area contributed by atoms with Crippen LogP contribution in [0.5, 0.6) is 0 Å². The van der Waals surface area contributed by atoms with Crippen molar-refractivity contribution in [3.63, 3.8) is 0 Å². The lowest BCUT2D eigenvalue weighted by atomic mass is 10.0. The second-order valence-corrected chi connectivity index (χ2v) is 6.99. The Kier molecular flexibility index (Phi) is 4.67. The Morgan fingerprint density at radius 2 is 1.76 bits per heavy atom. The van der Waals surface area contributed by atoms with Gasteiger partial charge in [0.25, 0.3) is 17.5 Å². The van der Waals surface area contributed by atoms with Crippen LogP contribution in [0.3, 0.4) is 0 Å². The number of hydrogen-bond donors (Lipinski definition) is 2. The van der Waals surface area contributed by atoms with Crippen LogP contribution in [0.2, 0.25) is 0 Å². The third kappa shape index (κ3) is 3.52. The lowest BCUT2D eigenvalue weighted by molar-refractivity contribution is 0.0845. The maximum absolute atomic E-state index is 12.8. The van der Waals surface area contributed by atoms with Gasteiger partial charge >= 0.3 is 0 Å². The van der Waals surface area contributed by atoms with E-state index in [0.29, 0.717) is 33.6 Å². The molecule has 0 atom stereocenters. The average molecular weight is 389 g/mol. The first-order valence-corrected chi connectivity index (χ1v) is 9.17. The first-order chi connectivity index (χ1) is 13.9. The van der Waals surface area contributed by atoms with E-state index in [1.807, 2.05) is 38.1 Å². The van der Waals surface area contributed by atoms with Gasteiger partial charge in [-0.1, -0.05) is 43.3 Å². The van der Waals surface area contributed by atoms with Crippen molar-refractivity contribution in [2.75, 3.05) is 0 Å². The summed E-state index contributed by atoms with van der Waals surface area (Å²) in [6.45, 7) is 5.66. The zero-order valence-electron chi connectivity index (χ0n) is 16.2. The highest BCUT2D eigenvalue weighted by Crippen LogP contribution is 2.25. The van der Waals surface area contributed by atoms with Crippen molar-refractivity contribution in [1.82, 2.24) is 26.0 Å². The molecule has 29 heavy (non-hydrogen) atoms. The van der Waals surface area contributed by atoms with Gasteiger partial charge < -0.3 is 4.52 Å². The number of aryl methyl sites for hydroxylation is 1. The van der Waals surface area contributed by atoms with Gasteiger partial charge in [0.15, 0.2) is 0 Å². The highest BCUT2D eigenvalue weighted by Gasteiger charge is 2.20. The number of carbonyl (C=O) groups excluding carboxylic acids is 2. The van der Waals surface area contributed by atoms with E-state index in [-0.39, 0.29) is 11.6 Å². The first kappa shape index (κ1) is 18.5. The maximum atomic E-state index is 12.8. The Morgan fingerprint density at radius 3 is 2.55 bits per heavy atom. The van der Waals surface area contributed by atoms with Gasteiger partial charge in [0.05, 0.1) is 22.2 Å². The standard InChI is InChI=1S/C21H19N5O3/c1-11(2)17-10-14(18-12(3)26-29-21(18)23-17)19(27)24-25-20(28)16-9-8-13-6-4-5-7-15(13)22-16/h4-11H,1-3H3,(H,24,27)(H,25,28). The number of rotatable bonds is 3. The van der Waals surface area contributed by atoms with Crippen LogP contribution in [0.1, 0.15) is 52.0 Å². The van der Waals surface area contributed by atoms with E-state index in [4.69, 9.17) is 4.52 Å². The number of amides is 2. The van der Waals surface area contributed by atoms with Crippen molar-refractivity contribution < 1.29 is 14.1 Å². The first-order valence-electron chi connectivity index (χ1n) is 9.17. The fraction of sp³-hybridized carbons (Fsp3) is 0.190. The highest BCUT2D eigenvalue weighted by molar-refractivity contribution is 6.07. The molecule has 0 aliphatic rings. The van der Waals surface area contributed by atoms with E-state index in [9.17, 15) is 9.59 Å². The molecule has 0 fully saturated rings. The van der Waals surface area contributed by atoms with Crippen LogP contribution in [0.4, 0.5) is 0 Å². The Labute approximate surface area is 166 Å². The van der Waals surface area contributed by atoms with E-state index in [1.54, 1.807) is 25.1 Å². The van der Waals surface area contributed by atoms with Gasteiger partial charge in [0, 0.05) is 11.1 Å². The number of hydrogen-bond acceptors (Lipinski definition) is 6. The van der Waals surface area contributed by atoms with Gasteiger partial charge in [-0.05, 0) is 31.0 Å². The Morgan fingerprint density at radius 1 is 1.00 bits per heavy atom. The normalized spacial score (nSPS) is 11.2. The van der Waals surface area contributed by atoms with Crippen molar-refractivity contribution in [1.29, 1.82) is 0 Å². The Balaban J connectivity index is 1.57. The number of hydrazine groups is 1. The minimum Gasteiger partial charge on any atom is -0.336 e. The highest BCUT2D eigenvalue weighted by atomic mass is 16.5. The van der Waals surface area contributed by atoms with Crippen molar-refractivity contribution in [2.45, 2.75) is 26.7 Å². The Bertz CT molecular complexity index is 1250. The summed E-state index contributed by atoms with van der Waals surface area (Å²) in [5, 5.41) is 5.34. The molecule has 4 rings (SSSR count). The quantitative estimate of drug-likeness (QED) is 0.520. The molecule has 2 amide bonds. The number of aromatic nitrogens is 3. The summed E-state index contributed by atoms with van der Waals surface area (Å²) >= 11 is 0. The molecule has 0 aliphatic carbocycles. The molecule has 146 valence electrons. The van der Waals surface area contributed by atoms with Crippen LogP contribution in [-0.2, 0) is 0 Å². The molecule has 4 aromatic rings. The molecule has 1 aromatic carbocycles. The number of fused-ring (bicyclic) bond motifs is 2. The maximum Gasteiger partial charge on any atom is 0.288 e. The summed E-state index contributed by atoms with van der Waals surface area (Å²) in [7, 11) is 0. The number of nitrogens with one attached hydrogen (secondary N) is 2. The molecule has 3 aromatic heterocycles. The molecule has 8 nitrogen and oxygen atoms in total. The number of benzene rings is 1. The molecule has 0 spiro atoms. The third-order valence-electron chi connectivity index (χ3n) is 4.59. The predicted molar refractivity (Wildman–Crippen MR) is 107 cm³/mol. The second-order valence-electron chi connectivity index (χ2n) is 6.99. The Hall–Kier alpha value is -3.81. The molecule has 0 radical (unpaired) electrons. The molecule has 0 aliphatic heterocycles. The fourth-order valence-corrected chi connectivity index (χ4v) is 3.03. The molecule has 0 bridgehead atoms. The number of nitrogens with zero attached hydrogens (tertiary/aromatic N) is 3. The second kappa shape index (κ2) is 7.31. The van der Waals surface area contributed by atoms with E-state index in [0.717, 1.165) is 5.39 Å². The molecule has 0 saturated carbocycles. The lowest BCUT2D eigenvalue weighted by Gasteiger charge is -2.10. The molecule has 8 heteroatoms.